The quantitative estimate of drug-likeness (QED) is 0.179. The van der Waals surface area contributed by atoms with Gasteiger partial charge in [-0.2, -0.15) is 0 Å². The molecule has 7 aromatic carbocycles. The van der Waals surface area contributed by atoms with Crippen LogP contribution in [-0.2, 0) is 0 Å². The van der Waals surface area contributed by atoms with Crippen LogP contribution in [0.4, 0.5) is 0 Å². The van der Waals surface area contributed by atoms with E-state index in [4.69, 9.17) is 8.83 Å². The number of furan rings is 2. The summed E-state index contributed by atoms with van der Waals surface area (Å²) in [4.78, 5) is 6.06. The number of benzene rings is 7. The summed E-state index contributed by atoms with van der Waals surface area (Å²) < 4.78 is 17.3. The molecule has 12 rings (SSSR count). The van der Waals surface area contributed by atoms with Crippen LogP contribution in [0.2, 0.25) is 0 Å². The molecule has 0 fully saturated rings. The molecule has 5 nitrogen and oxygen atoms in total. The molecule has 0 amide bonds. The van der Waals surface area contributed by atoms with Crippen molar-refractivity contribution in [2.24, 2.45) is 0 Å². The van der Waals surface area contributed by atoms with E-state index < -0.39 is 10.0 Å². The molecule has 0 aliphatic heterocycles. The highest BCUT2D eigenvalue weighted by molar-refractivity contribution is 8.32. The number of rotatable bonds is 4. The van der Waals surface area contributed by atoms with E-state index in [1.54, 1.807) is 0 Å². The van der Waals surface area contributed by atoms with Gasteiger partial charge in [-0.3, -0.25) is 4.98 Å². The minimum Gasteiger partial charge on any atom is -0.456 e. The second kappa shape index (κ2) is 12.9. The number of nitrogens with zero attached hydrogens (tertiary/aromatic N) is 3. The lowest BCUT2D eigenvalue weighted by Gasteiger charge is -2.25. The Hall–Kier alpha value is -6.76. The third-order valence-electron chi connectivity index (χ3n) is 11.5. The number of pyridine rings is 1. The van der Waals surface area contributed by atoms with Crippen LogP contribution < -0.4 is 0 Å². The number of aromatic nitrogens is 3. The van der Waals surface area contributed by atoms with Crippen molar-refractivity contribution in [1.82, 2.24) is 14.1 Å². The van der Waals surface area contributed by atoms with Crippen LogP contribution in [0.5, 0.6) is 0 Å². The van der Waals surface area contributed by atoms with Crippen molar-refractivity contribution in [1.29, 1.82) is 0 Å². The first-order valence-corrected chi connectivity index (χ1v) is 22.7. The second-order valence-electron chi connectivity index (χ2n) is 15.6. The summed E-state index contributed by atoms with van der Waals surface area (Å²) in [6.07, 6.45) is 8.90. The van der Waals surface area contributed by atoms with Crippen molar-refractivity contribution in [2.75, 3.05) is 18.8 Å². The summed E-state index contributed by atoms with van der Waals surface area (Å²) >= 11 is 0. The molecule has 0 spiro atoms. The summed E-state index contributed by atoms with van der Waals surface area (Å²) in [6.45, 7) is 4.00. The SMILES string of the molecule is CC.CS(C)(C)c1ccc2c(c1)c1ccccc1n2-c1ccc2oc3ccc(-c4ccc5c(c4)c4ccccc4n5-c4ccc5oc6cccnc6c5c4)cc3c2c1. The molecule has 0 saturated carbocycles. The van der Waals surface area contributed by atoms with E-state index in [0.29, 0.717) is 0 Å². The predicted octanol–water partition coefficient (Wildman–Crippen LogP) is 14.8. The van der Waals surface area contributed by atoms with E-state index in [1.807, 2.05) is 32.2 Å². The Balaban J connectivity index is 0.00000190. The molecule has 0 unspecified atom stereocenters. The Labute approximate surface area is 337 Å². The van der Waals surface area contributed by atoms with Crippen molar-refractivity contribution >= 4 is 97.6 Å². The Kier molecular flexibility index (Phi) is 7.66. The van der Waals surface area contributed by atoms with Crippen molar-refractivity contribution in [3.63, 3.8) is 0 Å². The predicted molar refractivity (Wildman–Crippen MR) is 248 cm³/mol. The summed E-state index contributed by atoms with van der Waals surface area (Å²) in [5.41, 5.74) is 13.5. The maximum absolute atomic E-state index is 6.45. The van der Waals surface area contributed by atoms with Gasteiger partial charge in [0.15, 0.2) is 5.58 Å². The Morgan fingerprint density at radius 2 is 0.914 bits per heavy atom. The molecular formula is C52H41N3O2S. The summed E-state index contributed by atoms with van der Waals surface area (Å²) in [6, 6.07) is 54.8. The molecule has 0 N–H and O–H groups in total. The first kappa shape index (κ1) is 34.5. The molecule has 5 heterocycles. The number of para-hydroxylation sites is 2. The Bertz CT molecular complexity index is 3590. The van der Waals surface area contributed by atoms with E-state index in [0.717, 1.165) is 77.5 Å². The second-order valence-corrected chi connectivity index (χ2v) is 19.7. The monoisotopic (exact) mass is 771 g/mol. The molecule has 0 aliphatic rings. The van der Waals surface area contributed by atoms with Crippen molar-refractivity contribution in [3.05, 3.63) is 158 Å². The van der Waals surface area contributed by atoms with Gasteiger partial charge in [0.05, 0.1) is 22.1 Å². The lowest BCUT2D eigenvalue weighted by atomic mass is 10.0. The molecule has 0 radical (unpaired) electrons. The number of hydrogen-bond acceptors (Lipinski definition) is 3. The third-order valence-corrected chi connectivity index (χ3v) is 13.2. The molecule has 58 heavy (non-hydrogen) atoms. The third kappa shape index (κ3) is 5.14. The Morgan fingerprint density at radius 3 is 1.59 bits per heavy atom. The topological polar surface area (TPSA) is 49.0 Å². The zero-order valence-electron chi connectivity index (χ0n) is 33.1. The summed E-state index contributed by atoms with van der Waals surface area (Å²) in [7, 11) is -0.866. The van der Waals surface area contributed by atoms with Crippen LogP contribution in [-0.4, -0.2) is 32.9 Å². The van der Waals surface area contributed by atoms with E-state index in [1.165, 1.54) is 37.5 Å². The van der Waals surface area contributed by atoms with Crippen molar-refractivity contribution in [2.45, 2.75) is 18.7 Å². The average Bonchev–Trinajstić information content (AvgIpc) is 4.00. The van der Waals surface area contributed by atoms with E-state index in [-0.39, 0.29) is 0 Å². The van der Waals surface area contributed by atoms with Crippen LogP contribution in [0.1, 0.15) is 13.8 Å². The van der Waals surface area contributed by atoms with Crippen LogP contribution in [0.15, 0.2) is 172 Å². The first-order valence-electron chi connectivity index (χ1n) is 19.9. The lowest BCUT2D eigenvalue weighted by molar-refractivity contribution is 0.668. The van der Waals surface area contributed by atoms with Crippen molar-refractivity contribution < 1.29 is 8.83 Å². The van der Waals surface area contributed by atoms with Gasteiger partial charge < -0.3 is 18.0 Å². The van der Waals surface area contributed by atoms with E-state index in [2.05, 4.69) is 172 Å². The van der Waals surface area contributed by atoms with Crippen LogP contribution >= 0.6 is 10.0 Å². The molecule has 282 valence electrons. The van der Waals surface area contributed by atoms with Crippen LogP contribution in [0, 0.1) is 0 Å². The zero-order valence-corrected chi connectivity index (χ0v) is 33.9. The number of hydrogen-bond donors (Lipinski definition) is 0. The van der Waals surface area contributed by atoms with Crippen LogP contribution in [0.3, 0.4) is 0 Å². The van der Waals surface area contributed by atoms with Crippen molar-refractivity contribution in [3.8, 4) is 22.5 Å². The van der Waals surface area contributed by atoms with Gasteiger partial charge in [-0.15, -0.1) is 0 Å². The maximum Gasteiger partial charge on any atom is 0.153 e. The van der Waals surface area contributed by atoms with Gasteiger partial charge in [0.25, 0.3) is 0 Å². The number of fused-ring (bicyclic) bond motifs is 12. The molecular weight excluding hydrogens is 731 g/mol. The zero-order chi connectivity index (χ0) is 39.3. The minimum absolute atomic E-state index is 0.798. The smallest absolute Gasteiger partial charge is 0.153 e. The fourth-order valence-electron chi connectivity index (χ4n) is 8.85. The normalized spacial score (nSPS) is 12.5. The maximum atomic E-state index is 6.45. The fraction of sp³-hybridized carbons (Fsp3) is 0.0962. The fourth-order valence-corrected chi connectivity index (χ4v) is 9.80. The van der Waals surface area contributed by atoms with Gasteiger partial charge in [0, 0.05) is 55.3 Å². The van der Waals surface area contributed by atoms with Gasteiger partial charge in [-0.1, -0.05) is 62.4 Å². The van der Waals surface area contributed by atoms with Gasteiger partial charge in [-0.05, 0) is 138 Å². The molecule has 6 heteroatoms. The summed E-state index contributed by atoms with van der Waals surface area (Å²) in [5.74, 6) is 0. The van der Waals surface area contributed by atoms with E-state index >= 15 is 0 Å². The Morgan fingerprint density at radius 1 is 0.414 bits per heavy atom. The summed E-state index contributed by atoms with van der Waals surface area (Å²) in [5, 5.41) is 8.21. The van der Waals surface area contributed by atoms with Gasteiger partial charge >= 0.3 is 0 Å². The molecule has 12 aromatic rings. The highest BCUT2D eigenvalue weighted by atomic mass is 32.3. The highest BCUT2D eigenvalue weighted by Gasteiger charge is 2.19. The minimum atomic E-state index is -0.866. The molecule has 0 atom stereocenters. The molecule has 5 aromatic heterocycles. The molecule has 0 bridgehead atoms. The van der Waals surface area contributed by atoms with Gasteiger partial charge in [-0.25, -0.2) is 10.0 Å². The molecule has 0 saturated heterocycles. The van der Waals surface area contributed by atoms with Gasteiger partial charge in [0.1, 0.15) is 22.3 Å². The first-order chi connectivity index (χ1) is 28.4. The van der Waals surface area contributed by atoms with E-state index in [9.17, 15) is 0 Å². The highest BCUT2D eigenvalue weighted by Crippen LogP contribution is 2.47. The standard InChI is InChI=1S/C50H35N3O2S.C2H6/c1-56(2,3)34-18-20-45-38(29-34)36-10-5-7-12-43(36)52(45)32-16-22-47-40(27-32)39-26-31(15-21-46(39)54-47)30-14-19-44-37(25-30)35-9-4-6-11-42(35)53(44)33-17-23-48-41(28-33)50-49(55-48)13-8-24-51-50;1-2/h4-29H,1-3H3;1-2H3. The van der Waals surface area contributed by atoms with Gasteiger partial charge in [0.2, 0.25) is 0 Å². The average molecular weight is 772 g/mol. The lowest BCUT2D eigenvalue weighted by Crippen LogP contribution is -1.95. The largest absolute Gasteiger partial charge is 0.456 e. The van der Waals surface area contributed by atoms with Crippen LogP contribution in [0.25, 0.3) is 110 Å². The molecule has 0 aliphatic carbocycles.